The van der Waals surface area contributed by atoms with E-state index in [1.807, 2.05) is 17.0 Å². The quantitative estimate of drug-likeness (QED) is 0.766. The summed E-state index contributed by atoms with van der Waals surface area (Å²) in [6.07, 6.45) is 7.83. The number of amides is 1. The van der Waals surface area contributed by atoms with Crippen LogP contribution < -0.4 is 4.74 Å². The first-order valence-corrected chi connectivity index (χ1v) is 10.1. The first kappa shape index (κ1) is 18.9. The monoisotopic (exact) mass is 383 g/mol. The highest BCUT2D eigenvalue weighted by molar-refractivity contribution is 5.95. The van der Waals surface area contributed by atoms with Crippen molar-refractivity contribution in [1.29, 1.82) is 0 Å². The van der Waals surface area contributed by atoms with Crippen LogP contribution in [0.25, 0.3) is 0 Å². The molecule has 0 bridgehead atoms. The molecule has 1 atom stereocenters. The van der Waals surface area contributed by atoms with Crippen molar-refractivity contribution >= 4 is 5.91 Å². The Morgan fingerprint density at radius 1 is 1.11 bits per heavy atom. The van der Waals surface area contributed by atoms with E-state index < -0.39 is 5.82 Å². The van der Waals surface area contributed by atoms with E-state index in [1.165, 1.54) is 18.9 Å². The molecule has 148 valence electrons. The number of hydrogen-bond acceptors (Lipinski definition) is 4. The summed E-state index contributed by atoms with van der Waals surface area (Å²) in [4.78, 5) is 21.2. The van der Waals surface area contributed by atoms with Gasteiger partial charge in [-0.1, -0.05) is 0 Å². The molecule has 0 spiro atoms. The molecule has 0 saturated carbocycles. The minimum absolute atomic E-state index is 0.129. The number of pyridine rings is 1. The number of likely N-dealkylation sites (tertiary alicyclic amines) is 2. The van der Waals surface area contributed by atoms with Crippen molar-refractivity contribution in [1.82, 2.24) is 14.8 Å². The number of rotatable bonds is 6. The van der Waals surface area contributed by atoms with Gasteiger partial charge < -0.3 is 14.5 Å². The Morgan fingerprint density at radius 2 is 1.89 bits per heavy atom. The van der Waals surface area contributed by atoms with Gasteiger partial charge in [-0.2, -0.15) is 0 Å². The van der Waals surface area contributed by atoms with E-state index in [0.717, 1.165) is 38.0 Å². The van der Waals surface area contributed by atoms with Gasteiger partial charge in [0.2, 0.25) is 0 Å². The van der Waals surface area contributed by atoms with Crippen molar-refractivity contribution < 1.29 is 13.9 Å². The van der Waals surface area contributed by atoms with Crippen LogP contribution in [0.3, 0.4) is 0 Å². The molecule has 2 aliphatic heterocycles. The molecule has 0 N–H and O–H groups in total. The van der Waals surface area contributed by atoms with Gasteiger partial charge >= 0.3 is 0 Å². The molecule has 4 rings (SSSR count). The number of ether oxygens (including phenoxy) is 1. The fourth-order valence-corrected chi connectivity index (χ4v) is 4.12. The summed E-state index contributed by atoms with van der Waals surface area (Å²) < 4.78 is 20.3. The lowest BCUT2D eigenvalue weighted by Crippen LogP contribution is -2.42. The Kier molecular flexibility index (Phi) is 5.86. The van der Waals surface area contributed by atoms with Crippen molar-refractivity contribution in [2.24, 2.45) is 0 Å². The lowest BCUT2D eigenvalue weighted by molar-refractivity contribution is 0.0704. The smallest absolute Gasteiger partial charge is 0.257 e. The van der Waals surface area contributed by atoms with Crippen LogP contribution >= 0.6 is 0 Å². The molecule has 2 fully saturated rings. The first-order valence-electron chi connectivity index (χ1n) is 10.1. The number of aromatic nitrogens is 1. The predicted octanol–water partition coefficient (Wildman–Crippen LogP) is 3.50. The maximum Gasteiger partial charge on any atom is 0.257 e. The van der Waals surface area contributed by atoms with Crippen LogP contribution in [0.15, 0.2) is 42.7 Å². The number of halogens is 1. The van der Waals surface area contributed by atoms with E-state index in [1.54, 1.807) is 24.5 Å². The minimum Gasteiger partial charge on any atom is -0.489 e. The molecule has 2 aromatic rings. The van der Waals surface area contributed by atoms with E-state index in [4.69, 9.17) is 4.74 Å². The molecule has 1 aromatic carbocycles. The van der Waals surface area contributed by atoms with E-state index in [2.05, 4.69) is 9.88 Å². The Balaban J connectivity index is 1.40. The van der Waals surface area contributed by atoms with Gasteiger partial charge in [0, 0.05) is 37.6 Å². The SMILES string of the molecule is O=C(c1ccc(OCc2ccncc2)cc1F)N1CCCC1CN1CCCC1. The molecular weight excluding hydrogens is 357 g/mol. The fraction of sp³-hybridized carbons (Fsp3) is 0.455. The molecule has 2 saturated heterocycles. The average molecular weight is 383 g/mol. The lowest BCUT2D eigenvalue weighted by Gasteiger charge is -2.28. The highest BCUT2D eigenvalue weighted by Gasteiger charge is 2.32. The molecule has 0 radical (unpaired) electrons. The summed E-state index contributed by atoms with van der Waals surface area (Å²) in [6, 6.07) is 8.41. The van der Waals surface area contributed by atoms with Gasteiger partial charge in [0.05, 0.1) is 5.56 Å². The van der Waals surface area contributed by atoms with Crippen LogP contribution in [0.2, 0.25) is 0 Å². The zero-order valence-corrected chi connectivity index (χ0v) is 16.0. The zero-order chi connectivity index (χ0) is 19.3. The standard InChI is InChI=1S/C22H26FN3O2/c23-21-14-19(28-16-17-7-9-24-10-8-17)5-6-20(21)22(27)26-13-3-4-18(26)15-25-11-1-2-12-25/h5-10,14,18H,1-4,11-13,15-16H2. The molecule has 3 heterocycles. The third-order valence-electron chi connectivity index (χ3n) is 5.63. The van der Waals surface area contributed by atoms with Gasteiger partial charge in [-0.3, -0.25) is 9.78 Å². The van der Waals surface area contributed by atoms with Crippen molar-refractivity contribution in [3.05, 3.63) is 59.7 Å². The third kappa shape index (κ3) is 4.33. The van der Waals surface area contributed by atoms with Crippen LogP contribution in [0.1, 0.15) is 41.6 Å². The summed E-state index contributed by atoms with van der Waals surface area (Å²) in [5, 5.41) is 0. The van der Waals surface area contributed by atoms with Crippen molar-refractivity contribution in [2.45, 2.75) is 38.3 Å². The number of benzene rings is 1. The molecule has 2 aliphatic rings. The van der Waals surface area contributed by atoms with E-state index in [9.17, 15) is 9.18 Å². The predicted molar refractivity (Wildman–Crippen MR) is 105 cm³/mol. The summed E-state index contributed by atoms with van der Waals surface area (Å²) in [5.41, 5.74) is 1.09. The number of carbonyl (C=O) groups excluding carboxylic acids is 1. The van der Waals surface area contributed by atoms with E-state index in [0.29, 0.717) is 18.9 Å². The number of carbonyl (C=O) groups is 1. The Hall–Kier alpha value is -2.47. The van der Waals surface area contributed by atoms with Gasteiger partial charge in [-0.05, 0) is 68.6 Å². The molecular formula is C22H26FN3O2. The molecule has 6 heteroatoms. The van der Waals surface area contributed by atoms with Crippen molar-refractivity contribution in [3.8, 4) is 5.75 Å². The van der Waals surface area contributed by atoms with E-state index >= 15 is 0 Å². The van der Waals surface area contributed by atoms with E-state index in [-0.39, 0.29) is 17.5 Å². The summed E-state index contributed by atoms with van der Waals surface area (Å²) in [5.74, 6) is -0.315. The molecule has 5 nitrogen and oxygen atoms in total. The summed E-state index contributed by atoms with van der Waals surface area (Å²) in [7, 11) is 0. The minimum atomic E-state index is -0.524. The van der Waals surface area contributed by atoms with Crippen LogP contribution in [0, 0.1) is 5.82 Å². The van der Waals surface area contributed by atoms with Gasteiger partial charge in [0.25, 0.3) is 5.91 Å². The van der Waals surface area contributed by atoms with Crippen LogP contribution in [0.5, 0.6) is 5.75 Å². The highest BCUT2D eigenvalue weighted by Crippen LogP contribution is 2.25. The van der Waals surface area contributed by atoms with Gasteiger partial charge in [-0.15, -0.1) is 0 Å². The molecule has 1 amide bonds. The first-order chi connectivity index (χ1) is 13.7. The van der Waals surface area contributed by atoms with Crippen LogP contribution in [0.4, 0.5) is 4.39 Å². The lowest BCUT2D eigenvalue weighted by atomic mass is 10.1. The molecule has 1 aromatic heterocycles. The van der Waals surface area contributed by atoms with Crippen LogP contribution in [-0.2, 0) is 6.61 Å². The normalized spacial score (nSPS) is 19.9. The second-order valence-corrected chi connectivity index (χ2v) is 7.59. The largest absolute Gasteiger partial charge is 0.489 e. The maximum absolute atomic E-state index is 14.7. The highest BCUT2D eigenvalue weighted by atomic mass is 19.1. The molecule has 1 unspecified atom stereocenters. The number of hydrogen-bond donors (Lipinski definition) is 0. The maximum atomic E-state index is 14.7. The second-order valence-electron chi connectivity index (χ2n) is 7.59. The molecule has 0 aliphatic carbocycles. The third-order valence-corrected chi connectivity index (χ3v) is 5.63. The van der Waals surface area contributed by atoms with Gasteiger partial charge in [0.15, 0.2) is 0 Å². The Bertz CT molecular complexity index is 809. The van der Waals surface area contributed by atoms with Gasteiger partial charge in [0.1, 0.15) is 18.2 Å². The fourth-order valence-electron chi connectivity index (χ4n) is 4.12. The van der Waals surface area contributed by atoms with Crippen molar-refractivity contribution in [3.63, 3.8) is 0 Å². The van der Waals surface area contributed by atoms with Crippen molar-refractivity contribution in [2.75, 3.05) is 26.2 Å². The zero-order valence-electron chi connectivity index (χ0n) is 16.0. The second kappa shape index (κ2) is 8.69. The Labute approximate surface area is 165 Å². The number of nitrogens with zero attached hydrogens (tertiary/aromatic N) is 3. The average Bonchev–Trinajstić information content (AvgIpc) is 3.39. The van der Waals surface area contributed by atoms with Crippen LogP contribution in [-0.4, -0.2) is 52.9 Å². The molecule has 28 heavy (non-hydrogen) atoms. The topological polar surface area (TPSA) is 45.7 Å². The van der Waals surface area contributed by atoms with Gasteiger partial charge in [-0.25, -0.2) is 4.39 Å². The summed E-state index contributed by atoms with van der Waals surface area (Å²) in [6.45, 7) is 4.16. The Morgan fingerprint density at radius 3 is 2.64 bits per heavy atom. The summed E-state index contributed by atoms with van der Waals surface area (Å²) >= 11 is 0.